The molecular formula is C20H14N4O5. The van der Waals surface area contributed by atoms with Gasteiger partial charge in [-0.15, -0.1) is 0 Å². The van der Waals surface area contributed by atoms with Crippen molar-refractivity contribution in [2.45, 2.75) is 0 Å². The second kappa shape index (κ2) is 7.39. The van der Waals surface area contributed by atoms with Gasteiger partial charge in [-0.3, -0.25) is 14.4 Å². The predicted molar refractivity (Wildman–Crippen MR) is 101 cm³/mol. The highest BCUT2D eigenvalue weighted by molar-refractivity contribution is 6.28. The number of primary amides is 1. The summed E-state index contributed by atoms with van der Waals surface area (Å²) in [5.41, 5.74) is 6.70. The summed E-state index contributed by atoms with van der Waals surface area (Å²) >= 11 is 0. The van der Waals surface area contributed by atoms with Crippen LogP contribution >= 0.6 is 0 Å². The number of ether oxygens (including phenoxy) is 1. The first-order valence-electron chi connectivity index (χ1n) is 8.53. The fourth-order valence-electron chi connectivity index (χ4n) is 2.75. The first kappa shape index (κ1) is 18.1. The first-order valence-corrected chi connectivity index (χ1v) is 8.53. The highest BCUT2D eigenvalue weighted by Crippen LogP contribution is 2.28. The molecule has 0 aliphatic carbocycles. The van der Waals surface area contributed by atoms with Gasteiger partial charge in [-0.2, -0.15) is 4.98 Å². The first-order chi connectivity index (χ1) is 14.0. The number of carbonyl (C=O) groups is 3. The summed E-state index contributed by atoms with van der Waals surface area (Å²) in [7, 11) is 0. The monoisotopic (exact) mass is 390 g/mol. The van der Waals surface area contributed by atoms with Crippen LogP contribution in [0.25, 0.3) is 22.8 Å². The molecule has 3 amide bonds. The summed E-state index contributed by atoms with van der Waals surface area (Å²) in [6.07, 6.45) is 2.44. The third kappa shape index (κ3) is 3.74. The number of anilines is 1. The molecule has 0 atom stereocenters. The normalized spacial score (nSPS) is 13.2. The van der Waals surface area contributed by atoms with Crippen LogP contribution in [0.3, 0.4) is 0 Å². The number of carbonyl (C=O) groups excluding carboxylic acids is 3. The highest BCUT2D eigenvalue weighted by Gasteiger charge is 2.25. The molecule has 29 heavy (non-hydrogen) atoms. The van der Waals surface area contributed by atoms with Crippen LogP contribution in [0.15, 0.2) is 65.2 Å². The van der Waals surface area contributed by atoms with Crippen molar-refractivity contribution >= 4 is 23.4 Å². The summed E-state index contributed by atoms with van der Waals surface area (Å²) in [6, 6.07) is 13.5. The minimum atomic E-state index is -0.563. The minimum absolute atomic E-state index is 0.209. The Labute approximate surface area is 164 Å². The van der Waals surface area contributed by atoms with E-state index in [1.165, 1.54) is 12.2 Å². The number of amides is 3. The molecule has 2 heterocycles. The van der Waals surface area contributed by atoms with Gasteiger partial charge in [0.05, 0.1) is 5.69 Å². The van der Waals surface area contributed by atoms with Crippen molar-refractivity contribution in [3.63, 3.8) is 0 Å². The topological polar surface area (TPSA) is 129 Å². The Morgan fingerprint density at radius 2 is 1.76 bits per heavy atom. The zero-order chi connectivity index (χ0) is 20.4. The molecule has 0 radical (unpaired) electrons. The maximum Gasteiger partial charge on any atom is 0.258 e. The van der Waals surface area contributed by atoms with Gasteiger partial charge in [0.2, 0.25) is 5.82 Å². The molecular weight excluding hydrogens is 376 g/mol. The van der Waals surface area contributed by atoms with Gasteiger partial charge in [0, 0.05) is 23.3 Å². The Kier molecular flexibility index (Phi) is 4.62. The van der Waals surface area contributed by atoms with Crippen LogP contribution in [-0.2, 0) is 14.4 Å². The second-order valence-electron chi connectivity index (χ2n) is 6.10. The molecule has 9 nitrogen and oxygen atoms in total. The fourth-order valence-corrected chi connectivity index (χ4v) is 2.75. The second-order valence-corrected chi connectivity index (χ2v) is 6.10. The van der Waals surface area contributed by atoms with Crippen molar-refractivity contribution in [2.75, 3.05) is 11.5 Å². The van der Waals surface area contributed by atoms with Gasteiger partial charge < -0.3 is 15.0 Å². The minimum Gasteiger partial charge on any atom is -0.484 e. The highest BCUT2D eigenvalue weighted by atomic mass is 16.5. The van der Waals surface area contributed by atoms with E-state index in [0.29, 0.717) is 28.4 Å². The van der Waals surface area contributed by atoms with Crippen LogP contribution in [0.1, 0.15) is 0 Å². The summed E-state index contributed by atoms with van der Waals surface area (Å²) < 4.78 is 10.5. The third-order valence-electron chi connectivity index (χ3n) is 4.08. The number of nitrogens with two attached hydrogens (primary N) is 1. The van der Waals surface area contributed by atoms with Crippen molar-refractivity contribution in [3.8, 4) is 28.6 Å². The van der Waals surface area contributed by atoms with Crippen LogP contribution in [0.2, 0.25) is 0 Å². The number of imide groups is 1. The quantitative estimate of drug-likeness (QED) is 0.634. The van der Waals surface area contributed by atoms with E-state index in [0.717, 1.165) is 4.90 Å². The van der Waals surface area contributed by atoms with Crippen LogP contribution < -0.4 is 15.4 Å². The molecule has 144 valence electrons. The van der Waals surface area contributed by atoms with E-state index in [9.17, 15) is 14.4 Å². The number of benzene rings is 2. The van der Waals surface area contributed by atoms with Gasteiger partial charge in [-0.05, 0) is 42.5 Å². The van der Waals surface area contributed by atoms with Gasteiger partial charge in [0.1, 0.15) is 5.75 Å². The van der Waals surface area contributed by atoms with E-state index >= 15 is 0 Å². The van der Waals surface area contributed by atoms with E-state index < -0.39 is 17.7 Å². The molecule has 1 aliphatic heterocycles. The van der Waals surface area contributed by atoms with Crippen molar-refractivity contribution in [1.82, 2.24) is 10.1 Å². The number of rotatable bonds is 6. The van der Waals surface area contributed by atoms with Crippen molar-refractivity contribution in [1.29, 1.82) is 0 Å². The van der Waals surface area contributed by atoms with Crippen molar-refractivity contribution in [3.05, 3.63) is 60.7 Å². The molecule has 4 rings (SSSR count). The van der Waals surface area contributed by atoms with E-state index in [4.69, 9.17) is 15.0 Å². The fraction of sp³-hybridized carbons (Fsp3) is 0.0500. The van der Waals surface area contributed by atoms with Gasteiger partial charge in [-0.25, -0.2) is 4.90 Å². The SMILES string of the molecule is NC(=O)COc1ccc(-c2noc(-c3cccc(N4C(=O)C=CC4=O)c3)n2)cc1. The number of aromatic nitrogens is 2. The largest absolute Gasteiger partial charge is 0.484 e. The molecule has 1 aliphatic rings. The van der Waals surface area contributed by atoms with E-state index in [-0.39, 0.29) is 12.5 Å². The maximum absolute atomic E-state index is 11.9. The van der Waals surface area contributed by atoms with Gasteiger partial charge >= 0.3 is 0 Å². The van der Waals surface area contributed by atoms with Crippen LogP contribution in [0, 0.1) is 0 Å². The molecule has 0 unspecified atom stereocenters. The lowest BCUT2D eigenvalue weighted by Gasteiger charge is -2.13. The van der Waals surface area contributed by atoms with Crippen LogP contribution in [-0.4, -0.2) is 34.5 Å². The van der Waals surface area contributed by atoms with Crippen molar-refractivity contribution < 1.29 is 23.6 Å². The molecule has 3 aromatic rings. The van der Waals surface area contributed by atoms with Crippen molar-refractivity contribution in [2.24, 2.45) is 5.73 Å². The zero-order valence-electron chi connectivity index (χ0n) is 14.9. The number of nitrogens with zero attached hydrogens (tertiary/aromatic N) is 3. The third-order valence-corrected chi connectivity index (χ3v) is 4.08. The molecule has 0 fully saturated rings. The Balaban J connectivity index is 1.55. The van der Waals surface area contributed by atoms with Gasteiger partial charge in [0.25, 0.3) is 23.6 Å². The smallest absolute Gasteiger partial charge is 0.258 e. The predicted octanol–water partition coefficient (Wildman–Crippen LogP) is 1.70. The summed E-state index contributed by atoms with van der Waals surface area (Å²) in [5.74, 6) is -0.302. The zero-order valence-corrected chi connectivity index (χ0v) is 14.9. The average molecular weight is 390 g/mol. The van der Waals surface area contributed by atoms with E-state index in [1.807, 2.05) is 0 Å². The Morgan fingerprint density at radius 1 is 1.03 bits per heavy atom. The Morgan fingerprint density at radius 3 is 2.45 bits per heavy atom. The maximum atomic E-state index is 11.9. The van der Waals surface area contributed by atoms with Crippen LogP contribution in [0.4, 0.5) is 5.69 Å². The molecule has 2 N–H and O–H groups in total. The molecule has 0 spiro atoms. The molecule has 2 aromatic carbocycles. The standard InChI is InChI=1S/C20H14N4O5/c21-16(25)11-28-15-6-4-12(5-7-15)19-22-20(29-23-19)13-2-1-3-14(10-13)24-17(26)8-9-18(24)27/h1-10H,11H2,(H2,21,25). The lowest BCUT2D eigenvalue weighted by Crippen LogP contribution is -2.29. The summed E-state index contributed by atoms with van der Waals surface area (Å²) in [4.78, 5) is 39.9. The van der Waals surface area contributed by atoms with E-state index in [1.54, 1.807) is 48.5 Å². The molecule has 0 bridgehead atoms. The van der Waals surface area contributed by atoms with Gasteiger partial charge in [-0.1, -0.05) is 11.2 Å². The lowest BCUT2D eigenvalue weighted by atomic mass is 10.2. The molecule has 0 saturated carbocycles. The van der Waals surface area contributed by atoms with Gasteiger partial charge in [0.15, 0.2) is 6.61 Å². The van der Waals surface area contributed by atoms with E-state index in [2.05, 4.69) is 10.1 Å². The molecule has 1 aromatic heterocycles. The Hall–Kier alpha value is -4.27. The average Bonchev–Trinajstić information content (AvgIpc) is 3.34. The lowest BCUT2D eigenvalue weighted by molar-refractivity contribution is -0.121. The summed E-state index contributed by atoms with van der Waals surface area (Å²) in [5, 5.41) is 3.96. The number of hydrogen-bond acceptors (Lipinski definition) is 7. The Bertz CT molecular complexity index is 1120. The molecule has 0 saturated heterocycles. The number of hydrogen-bond donors (Lipinski definition) is 1. The summed E-state index contributed by atoms with van der Waals surface area (Å²) in [6.45, 7) is -0.209. The molecule has 9 heteroatoms. The van der Waals surface area contributed by atoms with Crippen LogP contribution in [0.5, 0.6) is 5.75 Å².